The monoisotopic (exact) mass is 683 g/mol. The molecule has 3 amide bonds. The zero-order chi connectivity index (χ0) is 35.1. The summed E-state index contributed by atoms with van der Waals surface area (Å²) in [5, 5.41) is 37.4. The van der Waals surface area contributed by atoms with Gasteiger partial charge in [0.1, 0.15) is 18.2 Å². The molecule has 3 aliphatic carbocycles. The van der Waals surface area contributed by atoms with Crippen LogP contribution in [-0.4, -0.2) is 119 Å². The largest absolute Gasteiger partial charge is 0.504 e. The van der Waals surface area contributed by atoms with Crippen LogP contribution in [0.2, 0.25) is 0 Å². The molecule has 9 N–H and O–H groups in total. The smallest absolute Gasteiger partial charge is 0.414 e. The van der Waals surface area contributed by atoms with Crippen molar-refractivity contribution in [2.45, 2.75) is 80.6 Å². The second kappa shape index (κ2) is 13.4. The van der Waals surface area contributed by atoms with Crippen LogP contribution in [0.15, 0.2) is 29.0 Å². The number of carboxylic acids is 1. The van der Waals surface area contributed by atoms with Gasteiger partial charge in [-0.05, 0) is 68.7 Å². The molecule has 2 fully saturated rings. The number of nitrogens with one attached hydrogen (secondary N) is 2. The number of likely N-dealkylation sites (tertiary alicyclic amines) is 1. The summed E-state index contributed by atoms with van der Waals surface area (Å²) in [6.07, 6.45) is 3.79. The maximum atomic E-state index is 13.3. The Kier molecular flexibility index (Phi) is 9.37. The highest BCUT2D eigenvalue weighted by molar-refractivity contribution is 5.96. The Hall–Kier alpha value is -4.57. The third-order valence-corrected chi connectivity index (χ3v) is 10.6. The molecule has 49 heavy (non-hydrogen) atoms. The van der Waals surface area contributed by atoms with Gasteiger partial charge < -0.3 is 51.8 Å². The minimum atomic E-state index is -1.33. The molecule has 1 aromatic carbocycles. The van der Waals surface area contributed by atoms with Gasteiger partial charge in [0, 0.05) is 51.3 Å². The molecular weight excluding hydrogens is 638 g/mol. The highest BCUT2D eigenvalue weighted by atomic mass is 16.6. The van der Waals surface area contributed by atoms with Crippen LogP contribution < -0.4 is 26.8 Å². The van der Waals surface area contributed by atoms with Crippen LogP contribution in [0.1, 0.15) is 56.1 Å². The number of rotatable bonds is 14. The van der Waals surface area contributed by atoms with Gasteiger partial charge in [-0.2, -0.15) is 0 Å². The topological polar surface area (TPSA) is 242 Å². The molecule has 2 heterocycles. The van der Waals surface area contributed by atoms with Gasteiger partial charge >= 0.3 is 12.1 Å². The number of piperidine rings is 1. The summed E-state index contributed by atoms with van der Waals surface area (Å²) in [5.74, 6) is -1.60. The summed E-state index contributed by atoms with van der Waals surface area (Å²) in [6.45, 7) is 1.96. The van der Waals surface area contributed by atoms with Crippen LogP contribution in [-0.2, 0) is 31.0 Å². The minimum Gasteiger partial charge on any atom is -0.504 e. The first-order valence-electron chi connectivity index (χ1n) is 16.8. The molecule has 266 valence electrons. The number of aliphatic hydroxyl groups is 1. The van der Waals surface area contributed by atoms with E-state index in [-0.39, 0.29) is 56.0 Å². The Labute approximate surface area is 283 Å². The van der Waals surface area contributed by atoms with Gasteiger partial charge in [0.2, 0.25) is 11.8 Å². The van der Waals surface area contributed by atoms with Crippen molar-refractivity contribution in [3.05, 3.63) is 35.1 Å². The summed E-state index contributed by atoms with van der Waals surface area (Å²) in [5.41, 5.74) is 10.4. The van der Waals surface area contributed by atoms with E-state index >= 15 is 0 Å². The number of hydrogen-bond acceptors (Lipinski definition) is 10. The number of guanidine groups is 1. The molecule has 16 heteroatoms. The van der Waals surface area contributed by atoms with E-state index in [1.807, 2.05) is 6.07 Å². The number of benzene rings is 1. The van der Waals surface area contributed by atoms with Crippen molar-refractivity contribution in [3.8, 4) is 11.5 Å². The number of aromatic hydroxyl groups is 1. The third kappa shape index (κ3) is 6.46. The Bertz CT molecular complexity index is 1580. The summed E-state index contributed by atoms with van der Waals surface area (Å²) in [4.78, 5) is 56.8. The molecule has 2 bridgehead atoms. The van der Waals surface area contributed by atoms with Gasteiger partial charge in [0.25, 0.3) is 0 Å². The van der Waals surface area contributed by atoms with Gasteiger partial charge in [-0.15, -0.1) is 0 Å². The van der Waals surface area contributed by atoms with Gasteiger partial charge in [-0.1, -0.05) is 6.07 Å². The van der Waals surface area contributed by atoms with E-state index in [0.717, 1.165) is 24.2 Å². The number of aliphatic carboxylic acids is 1. The lowest BCUT2D eigenvalue weighted by Crippen LogP contribution is -2.75. The number of carboxylic acid groups (broad SMARTS) is 1. The van der Waals surface area contributed by atoms with Crippen molar-refractivity contribution in [1.29, 1.82) is 0 Å². The molecule has 5 atom stereocenters. The lowest BCUT2D eigenvalue weighted by molar-refractivity contribution is -0.169. The minimum absolute atomic E-state index is 0.00742. The fourth-order valence-electron chi connectivity index (χ4n) is 8.06. The number of likely N-dealkylation sites (N-methyl/N-ethyl adjacent to an activating group) is 1. The average Bonchev–Trinajstić information content (AvgIpc) is 3.78. The molecule has 16 nitrogen and oxygen atoms in total. The molecule has 6 rings (SSSR count). The van der Waals surface area contributed by atoms with Crippen LogP contribution in [0.25, 0.3) is 0 Å². The Balaban J connectivity index is 1.10. The lowest BCUT2D eigenvalue weighted by atomic mass is 9.50. The van der Waals surface area contributed by atoms with Crippen LogP contribution in [0, 0.1) is 5.92 Å². The first-order valence-corrected chi connectivity index (χ1v) is 16.8. The van der Waals surface area contributed by atoms with Crippen molar-refractivity contribution in [1.82, 2.24) is 20.4 Å². The fraction of sp³-hybridized carbons (Fsp3) is 0.606. The van der Waals surface area contributed by atoms with Crippen molar-refractivity contribution in [2.24, 2.45) is 22.4 Å². The van der Waals surface area contributed by atoms with E-state index in [9.17, 15) is 29.4 Å². The highest BCUT2D eigenvalue weighted by Gasteiger charge is 2.72. The SMILES string of the molecule is CN(CCNC(=O)[C@@H](CCCN=C(N)N)NC(=O)CC(=O)O)C(=O)OC1=CC[C@@]2(O)C3Cc4ccc(O)c5c4C2(CCN3CC2CC2)[C@H]1O5. The zero-order valence-corrected chi connectivity index (χ0v) is 27.5. The number of carbonyl (C=O) groups excluding carboxylic acids is 3. The second-order valence-electron chi connectivity index (χ2n) is 13.8. The molecule has 0 radical (unpaired) electrons. The number of amides is 3. The Morgan fingerprint density at radius 2 is 2.02 bits per heavy atom. The normalized spacial score (nSPS) is 26.7. The van der Waals surface area contributed by atoms with Crippen molar-refractivity contribution < 1.29 is 44.0 Å². The Morgan fingerprint density at radius 1 is 1.24 bits per heavy atom. The average molecular weight is 684 g/mol. The summed E-state index contributed by atoms with van der Waals surface area (Å²) in [7, 11) is 1.51. The van der Waals surface area contributed by atoms with Crippen LogP contribution in [0.4, 0.5) is 4.79 Å². The number of nitrogens with two attached hydrogens (primary N) is 2. The second-order valence-corrected chi connectivity index (χ2v) is 13.8. The van der Waals surface area contributed by atoms with E-state index in [1.54, 1.807) is 12.1 Å². The van der Waals surface area contributed by atoms with Crippen LogP contribution in [0.5, 0.6) is 11.5 Å². The summed E-state index contributed by atoms with van der Waals surface area (Å²) < 4.78 is 12.3. The van der Waals surface area contributed by atoms with Crippen LogP contribution in [0.3, 0.4) is 0 Å². The number of nitrogens with zero attached hydrogens (tertiary/aromatic N) is 3. The van der Waals surface area contributed by atoms with Crippen LogP contribution >= 0.6 is 0 Å². The third-order valence-electron chi connectivity index (χ3n) is 10.6. The van der Waals surface area contributed by atoms with E-state index in [4.69, 9.17) is 26.0 Å². The van der Waals surface area contributed by atoms with Crippen molar-refractivity contribution >= 4 is 29.8 Å². The molecular formula is C33H45N7O9. The van der Waals surface area contributed by atoms with Gasteiger partial charge in [0.15, 0.2) is 23.6 Å². The van der Waals surface area contributed by atoms with Crippen molar-refractivity contribution in [2.75, 3.05) is 39.8 Å². The van der Waals surface area contributed by atoms with E-state index < -0.39 is 53.5 Å². The molecule has 1 aromatic rings. The molecule has 2 aliphatic heterocycles. The standard InChI is InChI=1S/C33H45N7O9/c1-39(14-12-36-29(45)20(3-2-11-37-30(34)35)38-24(42)16-25(43)44)31(46)48-22-8-9-33(47)23-15-19-6-7-21(41)27-26(19)32(33,28(22)49-27)10-13-40(23)17-18-4-5-18/h6-8,18,20,23,28,41,47H,2-5,9-17H2,1H3,(H,36,45)(H,38,42)(H,43,44)(H4,34,35,37)/t20-,23?,28+,32?,33-/m1/s1. The molecule has 2 unspecified atom stereocenters. The fourth-order valence-corrected chi connectivity index (χ4v) is 8.06. The summed E-state index contributed by atoms with van der Waals surface area (Å²) >= 11 is 0. The van der Waals surface area contributed by atoms with Crippen molar-refractivity contribution in [3.63, 3.8) is 0 Å². The number of aliphatic imine (C=N–C) groups is 1. The lowest BCUT2D eigenvalue weighted by Gasteiger charge is -2.62. The van der Waals surface area contributed by atoms with E-state index in [1.165, 1.54) is 24.8 Å². The van der Waals surface area contributed by atoms with E-state index in [0.29, 0.717) is 30.9 Å². The number of ether oxygens (including phenoxy) is 2. The first-order chi connectivity index (χ1) is 23.3. The predicted octanol–water partition coefficient (Wildman–Crippen LogP) is -0.352. The molecule has 1 spiro atoms. The Morgan fingerprint density at radius 3 is 2.73 bits per heavy atom. The zero-order valence-electron chi connectivity index (χ0n) is 27.5. The maximum absolute atomic E-state index is 13.3. The predicted molar refractivity (Wildman–Crippen MR) is 174 cm³/mol. The summed E-state index contributed by atoms with van der Waals surface area (Å²) in [6, 6.07) is 2.35. The molecule has 1 saturated carbocycles. The molecule has 5 aliphatic rings. The molecule has 1 saturated heterocycles. The number of phenols is 1. The molecule has 0 aromatic heterocycles. The highest BCUT2D eigenvalue weighted by Crippen LogP contribution is 2.65. The van der Waals surface area contributed by atoms with E-state index in [2.05, 4.69) is 20.5 Å². The number of hydrogen-bond donors (Lipinski definition) is 7. The quantitative estimate of drug-likeness (QED) is 0.0576. The number of carbonyl (C=O) groups is 4. The van der Waals surface area contributed by atoms with Gasteiger partial charge in [-0.3, -0.25) is 24.3 Å². The maximum Gasteiger partial charge on any atom is 0.414 e. The van der Waals surface area contributed by atoms with Gasteiger partial charge in [-0.25, -0.2) is 4.79 Å². The van der Waals surface area contributed by atoms with Gasteiger partial charge in [0.05, 0.1) is 11.0 Å². The number of phenolic OH excluding ortho intramolecular Hbond substituents is 1. The first kappa shape index (κ1) is 34.3.